The predicted molar refractivity (Wildman–Crippen MR) is 70.1 cm³/mol. The molecule has 1 fully saturated rings. The molecule has 2 N–H and O–H groups in total. The molecule has 0 saturated carbocycles. The Balaban J connectivity index is 2.28. The van der Waals surface area contributed by atoms with E-state index in [1.807, 2.05) is 12.1 Å². The Morgan fingerprint density at radius 3 is 2.94 bits per heavy atom. The van der Waals surface area contributed by atoms with Crippen LogP contribution in [0.15, 0.2) is 30.9 Å². The van der Waals surface area contributed by atoms with E-state index in [1.54, 1.807) is 0 Å². The quantitative estimate of drug-likeness (QED) is 0.594. The fraction of sp³-hybridized carbons (Fsp3) is 0.429. The van der Waals surface area contributed by atoms with Gasteiger partial charge in [-0.05, 0) is 29.8 Å². The second-order valence-electron chi connectivity index (χ2n) is 5.30. The Kier molecular flexibility index (Phi) is 1.91. The Hall–Kier alpha value is -1.48. The van der Waals surface area contributed by atoms with Gasteiger partial charge in [-0.15, -0.1) is 0 Å². The predicted octanol–water partition coefficient (Wildman–Crippen LogP) is 2.28. The number of nitrogens with two attached hydrogens (primary N) is 1. The second-order valence-corrected chi connectivity index (χ2v) is 5.30. The molecule has 0 radical (unpaired) electrons. The van der Waals surface area contributed by atoms with Crippen molar-refractivity contribution in [3.63, 3.8) is 0 Å². The summed E-state index contributed by atoms with van der Waals surface area (Å²) in [4.78, 5) is 2.30. The molecule has 0 amide bonds. The average Bonchev–Trinajstić information content (AvgIpc) is 2.79. The molecule has 0 aromatic heterocycles. The smallest absolute Gasteiger partial charge is 0.169 e. The van der Waals surface area contributed by atoms with E-state index in [1.165, 1.54) is 11.3 Å². The van der Waals surface area contributed by atoms with Gasteiger partial charge in [0.15, 0.2) is 5.72 Å². The van der Waals surface area contributed by atoms with E-state index in [9.17, 15) is 0 Å². The molecule has 90 valence electrons. The van der Waals surface area contributed by atoms with E-state index in [2.05, 4.69) is 37.5 Å². The molecular formula is C14H18N2O. The Labute approximate surface area is 102 Å². The highest BCUT2D eigenvalue weighted by Crippen LogP contribution is 2.55. The molecular weight excluding hydrogens is 212 g/mol. The van der Waals surface area contributed by atoms with Crippen molar-refractivity contribution in [2.75, 3.05) is 23.8 Å². The molecule has 3 heteroatoms. The summed E-state index contributed by atoms with van der Waals surface area (Å²) in [6.45, 7) is 10.0. The number of ether oxygens (including phenoxy) is 1. The number of nitrogen functional groups attached to an aromatic ring is 1. The summed E-state index contributed by atoms with van der Waals surface area (Å²) in [6, 6.07) is 6.10. The Morgan fingerprint density at radius 2 is 2.24 bits per heavy atom. The molecule has 1 atom stereocenters. The zero-order valence-electron chi connectivity index (χ0n) is 10.4. The van der Waals surface area contributed by atoms with Crippen molar-refractivity contribution in [2.24, 2.45) is 0 Å². The molecule has 3 nitrogen and oxygen atoms in total. The largest absolute Gasteiger partial charge is 0.399 e. The van der Waals surface area contributed by atoms with Crippen LogP contribution in [0, 0.1) is 0 Å². The minimum atomic E-state index is -0.414. The number of anilines is 2. The van der Waals surface area contributed by atoms with E-state index >= 15 is 0 Å². The van der Waals surface area contributed by atoms with Gasteiger partial charge < -0.3 is 15.4 Å². The van der Waals surface area contributed by atoms with Crippen molar-refractivity contribution in [1.82, 2.24) is 0 Å². The van der Waals surface area contributed by atoms with Crippen LogP contribution in [-0.4, -0.2) is 18.9 Å². The molecule has 1 saturated heterocycles. The minimum absolute atomic E-state index is 0.129. The SMILES string of the molecule is C=CC12OCCN1c1ccc(N)cc1C2(C)C. The van der Waals surface area contributed by atoms with Gasteiger partial charge in [0.1, 0.15) is 0 Å². The van der Waals surface area contributed by atoms with Gasteiger partial charge in [0.25, 0.3) is 0 Å². The summed E-state index contributed by atoms with van der Waals surface area (Å²) in [7, 11) is 0. The number of rotatable bonds is 1. The molecule has 2 aliphatic rings. The molecule has 0 bridgehead atoms. The number of benzene rings is 1. The maximum Gasteiger partial charge on any atom is 0.169 e. The highest BCUT2D eigenvalue weighted by atomic mass is 16.5. The van der Waals surface area contributed by atoms with Crippen LogP contribution in [0.5, 0.6) is 0 Å². The second kappa shape index (κ2) is 3.05. The van der Waals surface area contributed by atoms with Crippen molar-refractivity contribution in [3.05, 3.63) is 36.4 Å². The third kappa shape index (κ3) is 1.05. The zero-order valence-corrected chi connectivity index (χ0v) is 10.4. The van der Waals surface area contributed by atoms with Crippen LogP contribution in [-0.2, 0) is 10.2 Å². The first kappa shape index (κ1) is 10.7. The van der Waals surface area contributed by atoms with Crippen LogP contribution in [0.25, 0.3) is 0 Å². The molecule has 1 aromatic carbocycles. The standard InChI is InChI=1S/C14H18N2O/c1-4-14-13(2,3)11-9-10(15)5-6-12(11)16(14)7-8-17-14/h4-6,9H,1,7-8,15H2,2-3H3. The normalized spacial score (nSPS) is 28.9. The maximum absolute atomic E-state index is 6.02. The number of nitrogens with zero attached hydrogens (tertiary/aromatic N) is 1. The molecule has 2 heterocycles. The zero-order chi connectivity index (χ0) is 12.3. The molecule has 1 unspecified atom stereocenters. The van der Waals surface area contributed by atoms with Gasteiger partial charge in [0.2, 0.25) is 0 Å². The lowest BCUT2D eigenvalue weighted by molar-refractivity contribution is -0.00000543. The van der Waals surface area contributed by atoms with Gasteiger partial charge in [-0.2, -0.15) is 0 Å². The summed E-state index contributed by atoms with van der Waals surface area (Å²) in [5, 5.41) is 0. The van der Waals surface area contributed by atoms with Gasteiger partial charge in [0.05, 0.1) is 6.61 Å². The van der Waals surface area contributed by atoms with Crippen molar-refractivity contribution in [1.29, 1.82) is 0 Å². The van der Waals surface area contributed by atoms with Gasteiger partial charge >= 0.3 is 0 Å². The van der Waals surface area contributed by atoms with Crippen molar-refractivity contribution < 1.29 is 4.74 Å². The monoisotopic (exact) mass is 230 g/mol. The van der Waals surface area contributed by atoms with Crippen LogP contribution >= 0.6 is 0 Å². The summed E-state index contributed by atoms with van der Waals surface area (Å²) in [5.74, 6) is 0. The van der Waals surface area contributed by atoms with Gasteiger partial charge in [-0.1, -0.05) is 20.4 Å². The summed E-state index contributed by atoms with van der Waals surface area (Å²) in [6.07, 6.45) is 1.93. The molecule has 0 spiro atoms. The first-order valence-electron chi connectivity index (χ1n) is 5.98. The number of hydrogen-bond donors (Lipinski definition) is 1. The van der Waals surface area contributed by atoms with E-state index < -0.39 is 5.72 Å². The lowest BCUT2D eigenvalue weighted by atomic mass is 9.77. The van der Waals surface area contributed by atoms with Crippen LogP contribution in [0.3, 0.4) is 0 Å². The number of hydrogen-bond acceptors (Lipinski definition) is 3. The van der Waals surface area contributed by atoms with Crippen molar-refractivity contribution >= 4 is 11.4 Å². The van der Waals surface area contributed by atoms with E-state index in [0.29, 0.717) is 0 Å². The lowest BCUT2D eigenvalue weighted by Crippen LogP contribution is -2.51. The Bertz CT molecular complexity index is 495. The first-order chi connectivity index (χ1) is 8.03. The third-order valence-electron chi connectivity index (χ3n) is 4.19. The van der Waals surface area contributed by atoms with Gasteiger partial charge in [-0.3, -0.25) is 0 Å². The fourth-order valence-electron chi connectivity index (χ4n) is 3.26. The fourth-order valence-corrected chi connectivity index (χ4v) is 3.26. The van der Waals surface area contributed by atoms with Crippen molar-refractivity contribution in [3.8, 4) is 0 Å². The topological polar surface area (TPSA) is 38.5 Å². The first-order valence-corrected chi connectivity index (χ1v) is 5.98. The third-order valence-corrected chi connectivity index (χ3v) is 4.19. The van der Waals surface area contributed by atoms with E-state index in [0.717, 1.165) is 18.8 Å². The van der Waals surface area contributed by atoms with Crippen LogP contribution < -0.4 is 10.6 Å². The average molecular weight is 230 g/mol. The maximum atomic E-state index is 6.02. The molecule has 2 aliphatic heterocycles. The van der Waals surface area contributed by atoms with E-state index in [-0.39, 0.29) is 5.41 Å². The summed E-state index contributed by atoms with van der Waals surface area (Å²) in [5.41, 5.74) is 8.63. The molecule has 3 rings (SSSR count). The Morgan fingerprint density at radius 1 is 1.47 bits per heavy atom. The summed E-state index contributed by atoms with van der Waals surface area (Å²) < 4.78 is 6.02. The minimum Gasteiger partial charge on any atom is -0.399 e. The molecule has 0 aliphatic carbocycles. The van der Waals surface area contributed by atoms with Gasteiger partial charge in [0, 0.05) is 23.3 Å². The summed E-state index contributed by atoms with van der Waals surface area (Å²) >= 11 is 0. The molecule has 17 heavy (non-hydrogen) atoms. The van der Waals surface area contributed by atoms with E-state index in [4.69, 9.17) is 10.5 Å². The lowest BCUT2D eigenvalue weighted by Gasteiger charge is -2.39. The van der Waals surface area contributed by atoms with Gasteiger partial charge in [-0.25, -0.2) is 0 Å². The van der Waals surface area contributed by atoms with Crippen LogP contribution in [0.1, 0.15) is 19.4 Å². The highest BCUT2D eigenvalue weighted by molar-refractivity contribution is 5.71. The van der Waals surface area contributed by atoms with Crippen molar-refractivity contribution in [2.45, 2.75) is 25.0 Å². The number of fused-ring (bicyclic) bond motifs is 3. The highest BCUT2D eigenvalue weighted by Gasteiger charge is 2.58. The molecule has 1 aromatic rings. The van der Waals surface area contributed by atoms with Crippen LogP contribution in [0.4, 0.5) is 11.4 Å². The van der Waals surface area contributed by atoms with Crippen LogP contribution in [0.2, 0.25) is 0 Å².